The van der Waals surface area contributed by atoms with Crippen LogP contribution in [0.3, 0.4) is 0 Å². The molecule has 0 saturated heterocycles. The van der Waals surface area contributed by atoms with Gasteiger partial charge in [0.05, 0.1) is 5.69 Å². The van der Waals surface area contributed by atoms with E-state index in [1.165, 1.54) is 17.7 Å². The molecule has 0 fully saturated rings. The Morgan fingerprint density at radius 2 is 1.88 bits per heavy atom. The lowest BCUT2D eigenvalue weighted by atomic mass is 9.92. The van der Waals surface area contributed by atoms with Gasteiger partial charge in [-0.15, -0.1) is 0 Å². The van der Waals surface area contributed by atoms with Crippen LogP contribution in [0.1, 0.15) is 18.2 Å². The van der Waals surface area contributed by atoms with Crippen molar-refractivity contribution >= 4 is 17.3 Å². The van der Waals surface area contributed by atoms with Crippen LogP contribution in [0, 0.1) is 0 Å². The highest BCUT2D eigenvalue weighted by Crippen LogP contribution is 2.27. The second kappa shape index (κ2) is 6.11. The summed E-state index contributed by atoms with van der Waals surface area (Å²) < 4.78 is 1.52. The molecule has 3 rings (SSSR count). The SMILES string of the molecule is CC(O)(c1cccc(N)c1)c1nn(-c2ccc(Cl)cc2)ccc1=O. The van der Waals surface area contributed by atoms with E-state index >= 15 is 0 Å². The monoisotopic (exact) mass is 341 g/mol. The van der Waals surface area contributed by atoms with Crippen LogP contribution < -0.4 is 11.2 Å². The fourth-order valence-electron chi connectivity index (χ4n) is 2.46. The van der Waals surface area contributed by atoms with Gasteiger partial charge in [-0.05, 0) is 48.9 Å². The van der Waals surface area contributed by atoms with E-state index in [9.17, 15) is 9.90 Å². The third-order valence-corrected chi connectivity index (χ3v) is 4.06. The number of nitrogens with zero attached hydrogens (tertiary/aromatic N) is 2. The molecule has 0 saturated carbocycles. The molecule has 0 aliphatic carbocycles. The van der Waals surface area contributed by atoms with Crippen LogP contribution >= 0.6 is 11.6 Å². The summed E-state index contributed by atoms with van der Waals surface area (Å²) >= 11 is 5.89. The van der Waals surface area contributed by atoms with Crippen molar-refractivity contribution in [3.8, 4) is 5.69 Å². The van der Waals surface area contributed by atoms with Gasteiger partial charge < -0.3 is 10.8 Å². The van der Waals surface area contributed by atoms with Gasteiger partial charge in [0.15, 0.2) is 0 Å². The van der Waals surface area contributed by atoms with Gasteiger partial charge >= 0.3 is 0 Å². The van der Waals surface area contributed by atoms with Gasteiger partial charge in [-0.25, -0.2) is 4.68 Å². The number of nitrogen functional groups attached to an aromatic ring is 1. The number of aliphatic hydroxyl groups is 1. The third-order valence-electron chi connectivity index (χ3n) is 3.81. The first-order valence-corrected chi connectivity index (χ1v) is 7.70. The van der Waals surface area contributed by atoms with Crippen molar-refractivity contribution < 1.29 is 5.11 Å². The summed E-state index contributed by atoms with van der Waals surface area (Å²) in [5, 5.41) is 15.8. The summed E-state index contributed by atoms with van der Waals surface area (Å²) in [5.74, 6) is 0. The first-order chi connectivity index (χ1) is 11.4. The van der Waals surface area contributed by atoms with Crippen LogP contribution in [0.25, 0.3) is 5.69 Å². The molecule has 0 aliphatic heterocycles. The Morgan fingerprint density at radius 1 is 1.17 bits per heavy atom. The molecule has 1 heterocycles. The van der Waals surface area contributed by atoms with Crippen LogP contribution in [-0.2, 0) is 5.60 Å². The van der Waals surface area contributed by atoms with Gasteiger partial charge in [-0.2, -0.15) is 5.10 Å². The van der Waals surface area contributed by atoms with E-state index in [4.69, 9.17) is 17.3 Å². The average molecular weight is 342 g/mol. The van der Waals surface area contributed by atoms with Gasteiger partial charge in [0.2, 0.25) is 5.43 Å². The lowest BCUT2D eigenvalue weighted by Gasteiger charge is -2.23. The van der Waals surface area contributed by atoms with Crippen LogP contribution in [-0.4, -0.2) is 14.9 Å². The Hall–Kier alpha value is -2.63. The van der Waals surface area contributed by atoms with Crippen molar-refractivity contribution in [2.24, 2.45) is 0 Å². The Morgan fingerprint density at radius 3 is 2.54 bits per heavy atom. The van der Waals surface area contributed by atoms with Gasteiger partial charge in [0.25, 0.3) is 0 Å². The highest BCUT2D eigenvalue weighted by molar-refractivity contribution is 6.30. The standard InChI is InChI=1S/C18H16ClN3O2/c1-18(24,12-3-2-4-14(20)11-12)17-16(23)9-10-22(21-17)15-7-5-13(19)6-8-15/h2-11,24H,20H2,1H3. The molecular formula is C18H16ClN3O2. The Balaban J connectivity index is 2.12. The molecule has 0 spiro atoms. The fraction of sp³-hybridized carbons (Fsp3) is 0.111. The van der Waals surface area contributed by atoms with Crippen molar-refractivity contribution in [2.75, 3.05) is 5.73 Å². The number of aromatic nitrogens is 2. The predicted octanol–water partition coefficient (Wildman–Crippen LogP) is 2.72. The molecule has 2 aromatic carbocycles. The molecular weight excluding hydrogens is 326 g/mol. The third kappa shape index (κ3) is 3.04. The van der Waals surface area contributed by atoms with E-state index in [2.05, 4.69) is 5.10 Å². The number of hydrogen-bond donors (Lipinski definition) is 2. The van der Waals surface area contributed by atoms with Crippen LogP contribution in [0.5, 0.6) is 0 Å². The van der Waals surface area contributed by atoms with E-state index in [0.29, 0.717) is 16.3 Å². The summed E-state index contributed by atoms with van der Waals surface area (Å²) in [6.07, 6.45) is 1.55. The van der Waals surface area contributed by atoms with Crippen molar-refractivity contribution in [2.45, 2.75) is 12.5 Å². The average Bonchev–Trinajstić information content (AvgIpc) is 2.56. The molecule has 1 unspecified atom stereocenters. The number of anilines is 1. The van der Waals surface area contributed by atoms with Crippen molar-refractivity contribution in [1.82, 2.24) is 9.78 Å². The van der Waals surface area contributed by atoms with E-state index in [1.54, 1.807) is 54.7 Å². The summed E-state index contributed by atoms with van der Waals surface area (Å²) in [7, 11) is 0. The van der Waals surface area contributed by atoms with Gasteiger partial charge in [0, 0.05) is 23.0 Å². The zero-order chi connectivity index (χ0) is 17.3. The predicted molar refractivity (Wildman–Crippen MR) is 94.4 cm³/mol. The van der Waals surface area contributed by atoms with E-state index in [1.807, 2.05) is 0 Å². The molecule has 6 heteroatoms. The highest BCUT2D eigenvalue weighted by atomic mass is 35.5. The molecule has 1 aromatic heterocycles. The molecule has 3 N–H and O–H groups in total. The number of benzene rings is 2. The minimum atomic E-state index is -1.57. The minimum absolute atomic E-state index is 0.0190. The zero-order valence-electron chi connectivity index (χ0n) is 13.0. The molecule has 0 radical (unpaired) electrons. The highest BCUT2D eigenvalue weighted by Gasteiger charge is 2.30. The maximum Gasteiger partial charge on any atom is 0.206 e. The Labute approximate surface area is 143 Å². The van der Waals surface area contributed by atoms with Gasteiger partial charge in [0.1, 0.15) is 11.3 Å². The second-order valence-electron chi connectivity index (χ2n) is 5.65. The lowest BCUT2D eigenvalue weighted by Crippen LogP contribution is -2.33. The molecule has 0 aliphatic rings. The summed E-state index contributed by atoms with van der Waals surface area (Å²) in [6.45, 7) is 1.53. The smallest absolute Gasteiger partial charge is 0.206 e. The van der Waals surface area contributed by atoms with E-state index in [0.717, 1.165) is 5.69 Å². The molecule has 24 heavy (non-hydrogen) atoms. The largest absolute Gasteiger partial charge is 0.399 e. The maximum absolute atomic E-state index is 12.3. The van der Waals surface area contributed by atoms with E-state index in [-0.39, 0.29) is 11.1 Å². The minimum Gasteiger partial charge on any atom is -0.399 e. The molecule has 0 bridgehead atoms. The topological polar surface area (TPSA) is 81.1 Å². The number of nitrogens with two attached hydrogens (primary N) is 1. The normalized spacial score (nSPS) is 13.5. The van der Waals surface area contributed by atoms with Crippen molar-refractivity contribution in [3.05, 3.63) is 87.3 Å². The summed E-state index contributed by atoms with van der Waals surface area (Å²) in [4.78, 5) is 12.3. The summed E-state index contributed by atoms with van der Waals surface area (Å²) in [5.41, 5.74) is 5.61. The molecule has 122 valence electrons. The van der Waals surface area contributed by atoms with Gasteiger partial charge in [-0.3, -0.25) is 4.79 Å². The molecule has 3 aromatic rings. The Kier molecular flexibility index (Phi) is 4.13. The summed E-state index contributed by atoms with van der Waals surface area (Å²) in [6, 6.07) is 15.1. The van der Waals surface area contributed by atoms with Gasteiger partial charge in [-0.1, -0.05) is 23.7 Å². The number of rotatable bonds is 3. The van der Waals surface area contributed by atoms with Crippen LogP contribution in [0.4, 0.5) is 5.69 Å². The van der Waals surface area contributed by atoms with Crippen molar-refractivity contribution in [1.29, 1.82) is 0 Å². The second-order valence-corrected chi connectivity index (χ2v) is 6.08. The van der Waals surface area contributed by atoms with Crippen LogP contribution in [0.15, 0.2) is 65.6 Å². The molecule has 5 nitrogen and oxygen atoms in total. The zero-order valence-corrected chi connectivity index (χ0v) is 13.7. The van der Waals surface area contributed by atoms with Crippen molar-refractivity contribution in [3.63, 3.8) is 0 Å². The first kappa shape index (κ1) is 16.2. The lowest BCUT2D eigenvalue weighted by molar-refractivity contribution is 0.0945. The van der Waals surface area contributed by atoms with Crippen LogP contribution in [0.2, 0.25) is 5.02 Å². The van der Waals surface area contributed by atoms with E-state index < -0.39 is 5.60 Å². The Bertz CT molecular complexity index is 933. The quantitative estimate of drug-likeness (QED) is 0.718. The fourth-order valence-corrected chi connectivity index (χ4v) is 2.59. The number of hydrogen-bond acceptors (Lipinski definition) is 4. The molecule has 0 amide bonds. The molecule has 1 atom stereocenters. The maximum atomic E-state index is 12.3. The first-order valence-electron chi connectivity index (χ1n) is 7.33. The number of halogens is 1.